The molecule has 174 valence electrons. The van der Waals surface area contributed by atoms with E-state index in [-0.39, 0.29) is 51.1 Å². The maximum atomic E-state index is 13.2. The molecular formula is C21H26ClN3O4S3. The van der Waals surface area contributed by atoms with Crippen molar-refractivity contribution in [1.29, 1.82) is 0 Å². The van der Waals surface area contributed by atoms with E-state index in [9.17, 15) is 14.7 Å². The van der Waals surface area contributed by atoms with Crippen molar-refractivity contribution in [3.8, 4) is 0 Å². The number of anilines is 1. The highest BCUT2D eigenvalue weighted by molar-refractivity contribution is 7.99. The number of fused-ring (bicyclic) bond motifs is 2. The van der Waals surface area contributed by atoms with Crippen LogP contribution in [0, 0.1) is 0 Å². The first-order valence-electron chi connectivity index (χ1n) is 9.52. The Balaban J connectivity index is 0.00000181. The zero-order valence-electron chi connectivity index (χ0n) is 17.9. The molecule has 4 rings (SSSR count). The number of nitrogens with zero attached hydrogens (tertiary/aromatic N) is 3. The summed E-state index contributed by atoms with van der Waals surface area (Å²) >= 11 is 7.75. The van der Waals surface area contributed by atoms with Crippen molar-refractivity contribution in [3.05, 3.63) is 39.5 Å². The Kier molecular flexibility index (Phi) is 8.80. The second kappa shape index (κ2) is 10.6. The normalized spacial score (nSPS) is 17.4. The number of pyridine rings is 2. The molecule has 2 aromatic heterocycles. The van der Waals surface area contributed by atoms with Crippen LogP contribution in [0.4, 0.5) is 5.82 Å². The largest absolute Gasteiger partial charge is 0.480 e. The molecule has 0 unspecified atom stereocenters. The number of methoxy groups -OCH3 is 1. The second-order valence-corrected chi connectivity index (χ2v) is 8.64. The number of carboxylic acid groups (broad SMARTS) is 1. The molecule has 0 amide bonds. The molecule has 32 heavy (non-hydrogen) atoms. The van der Waals surface area contributed by atoms with Crippen LogP contribution in [-0.4, -0.2) is 53.2 Å². The molecule has 1 saturated carbocycles. The minimum absolute atomic E-state index is 0. The Morgan fingerprint density at radius 2 is 1.94 bits per heavy atom. The van der Waals surface area contributed by atoms with E-state index in [1.165, 1.54) is 11.8 Å². The van der Waals surface area contributed by atoms with Gasteiger partial charge in [0.05, 0.1) is 26.9 Å². The van der Waals surface area contributed by atoms with Crippen LogP contribution in [0.3, 0.4) is 0 Å². The molecule has 3 aromatic rings. The average molecular weight is 516 g/mol. The Morgan fingerprint density at radius 1 is 1.28 bits per heavy atom. The minimum atomic E-state index is -1.02. The number of thioether (sulfide) groups is 1. The summed E-state index contributed by atoms with van der Waals surface area (Å²) < 4.78 is 6.95. The first-order chi connectivity index (χ1) is 14.3. The Bertz CT molecular complexity index is 1210. The summed E-state index contributed by atoms with van der Waals surface area (Å²) in [5, 5.41) is 10.9. The lowest BCUT2D eigenvalue weighted by Crippen LogP contribution is -2.46. The molecule has 1 fully saturated rings. The van der Waals surface area contributed by atoms with Crippen LogP contribution >= 0.6 is 50.4 Å². The molecule has 1 N–H and O–H groups in total. The lowest BCUT2D eigenvalue weighted by atomic mass is 9.88. The van der Waals surface area contributed by atoms with Crippen LogP contribution in [0.25, 0.3) is 21.9 Å². The summed E-state index contributed by atoms with van der Waals surface area (Å²) in [6.45, 7) is -0.323. The maximum Gasteiger partial charge on any atom is 0.323 e. The number of halogens is 1. The summed E-state index contributed by atoms with van der Waals surface area (Å²) in [6.07, 6.45) is 3.90. The molecule has 0 spiro atoms. The van der Waals surface area contributed by atoms with Crippen molar-refractivity contribution in [3.63, 3.8) is 0 Å². The molecule has 0 bridgehead atoms. The van der Waals surface area contributed by atoms with Crippen LogP contribution in [0.1, 0.15) is 12.8 Å². The Labute approximate surface area is 209 Å². The van der Waals surface area contributed by atoms with E-state index >= 15 is 0 Å². The van der Waals surface area contributed by atoms with Gasteiger partial charge in [0.25, 0.3) is 0 Å². The zero-order chi connectivity index (χ0) is 21.6. The van der Waals surface area contributed by atoms with Crippen LogP contribution in [0.15, 0.2) is 34.0 Å². The van der Waals surface area contributed by atoms with Crippen LogP contribution in [0.5, 0.6) is 0 Å². The summed E-state index contributed by atoms with van der Waals surface area (Å²) in [5.41, 5.74) is 0.670. The SMILES string of the molecule is COC1CC(N(C)c2ccc3c(=O)c4ccc(Cl)c(SC)c4n(CC(=O)O)c3n2)C1.S.S. The predicted octanol–water partition coefficient (Wildman–Crippen LogP) is 3.85. The van der Waals surface area contributed by atoms with Gasteiger partial charge in [0, 0.05) is 25.6 Å². The van der Waals surface area contributed by atoms with Crippen molar-refractivity contribution >= 4 is 84.1 Å². The lowest BCUT2D eigenvalue weighted by Gasteiger charge is -2.40. The van der Waals surface area contributed by atoms with Gasteiger partial charge in [-0.25, -0.2) is 4.98 Å². The van der Waals surface area contributed by atoms with Gasteiger partial charge in [-0.05, 0) is 43.4 Å². The van der Waals surface area contributed by atoms with Gasteiger partial charge in [0.15, 0.2) is 5.43 Å². The van der Waals surface area contributed by atoms with E-state index in [1.807, 2.05) is 19.4 Å². The molecule has 11 heteroatoms. The van der Waals surface area contributed by atoms with Crippen LogP contribution < -0.4 is 10.3 Å². The summed E-state index contributed by atoms with van der Waals surface area (Å²) in [4.78, 5) is 32.3. The van der Waals surface area contributed by atoms with Crippen molar-refractivity contribution in [2.75, 3.05) is 25.3 Å². The standard InChI is InChI=1S/C21H22ClN3O4S.2H2S/c1-24(11-8-12(9-11)29-2)16-7-5-14-19(28)13-4-6-15(22)20(30-3)18(13)25(10-17(26)27)21(14)23-16;;/h4-7,11-12H,8-10H2,1-3H3,(H,26,27);2*1H2. The van der Waals surface area contributed by atoms with Gasteiger partial charge in [-0.2, -0.15) is 27.0 Å². The number of rotatable bonds is 6. The molecule has 1 aliphatic carbocycles. The first kappa shape index (κ1) is 26.7. The second-order valence-electron chi connectivity index (χ2n) is 7.42. The molecule has 0 atom stereocenters. The quantitative estimate of drug-likeness (QED) is 0.394. The van der Waals surface area contributed by atoms with E-state index < -0.39 is 5.97 Å². The molecule has 0 aliphatic heterocycles. The summed E-state index contributed by atoms with van der Waals surface area (Å²) in [7, 11) is 3.66. The van der Waals surface area contributed by atoms with Gasteiger partial charge < -0.3 is 19.3 Å². The lowest BCUT2D eigenvalue weighted by molar-refractivity contribution is -0.137. The fourth-order valence-corrected chi connectivity index (χ4v) is 5.04. The third-order valence-electron chi connectivity index (χ3n) is 5.77. The van der Waals surface area contributed by atoms with Gasteiger partial charge in [-0.3, -0.25) is 9.59 Å². The van der Waals surface area contributed by atoms with E-state index in [0.29, 0.717) is 37.7 Å². The van der Waals surface area contributed by atoms with Gasteiger partial charge >= 0.3 is 5.97 Å². The van der Waals surface area contributed by atoms with Crippen LogP contribution in [0.2, 0.25) is 5.02 Å². The zero-order valence-corrected chi connectivity index (χ0v) is 21.5. The molecule has 1 aliphatic rings. The minimum Gasteiger partial charge on any atom is -0.480 e. The van der Waals surface area contributed by atoms with Gasteiger partial charge in [-0.15, -0.1) is 11.8 Å². The molecule has 0 radical (unpaired) electrons. The highest BCUT2D eigenvalue weighted by Gasteiger charge is 2.33. The molecular weight excluding hydrogens is 490 g/mol. The van der Waals surface area contributed by atoms with Crippen molar-refractivity contribution in [2.24, 2.45) is 0 Å². The third-order valence-corrected chi connectivity index (χ3v) is 7.02. The number of aliphatic carboxylic acids is 1. The molecule has 0 saturated heterocycles. The number of carboxylic acids is 1. The van der Waals surface area contributed by atoms with E-state index in [4.69, 9.17) is 21.3 Å². The van der Waals surface area contributed by atoms with E-state index in [2.05, 4.69) is 4.90 Å². The number of hydrogen-bond donors (Lipinski definition) is 1. The topological polar surface area (TPSA) is 84.7 Å². The van der Waals surface area contributed by atoms with Crippen molar-refractivity contribution in [2.45, 2.75) is 36.4 Å². The van der Waals surface area contributed by atoms with Crippen LogP contribution in [-0.2, 0) is 16.1 Å². The summed E-state index contributed by atoms with van der Waals surface area (Å²) in [5.74, 6) is -0.330. The smallest absolute Gasteiger partial charge is 0.323 e. The highest BCUT2D eigenvalue weighted by Crippen LogP contribution is 2.35. The molecule has 7 nitrogen and oxygen atoms in total. The van der Waals surface area contributed by atoms with E-state index in [0.717, 1.165) is 12.8 Å². The van der Waals surface area contributed by atoms with Gasteiger partial charge in [0.2, 0.25) is 0 Å². The third kappa shape index (κ3) is 4.56. The number of benzene rings is 1. The summed E-state index contributed by atoms with van der Waals surface area (Å²) in [6, 6.07) is 7.15. The number of hydrogen-bond acceptors (Lipinski definition) is 6. The van der Waals surface area contributed by atoms with Crippen molar-refractivity contribution < 1.29 is 14.6 Å². The highest BCUT2D eigenvalue weighted by atomic mass is 35.5. The Morgan fingerprint density at radius 3 is 2.53 bits per heavy atom. The van der Waals surface area contributed by atoms with Gasteiger partial charge in [0.1, 0.15) is 18.0 Å². The van der Waals surface area contributed by atoms with Crippen molar-refractivity contribution in [1.82, 2.24) is 9.55 Å². The number of ether oxygens (including phenoxy) is 1. The number of carbonyl (C=O) groups is 1. The fourth-order valence-electron chi connectivity index (χ4n) is 3.98. The molecule has 1 aromatic carbocycles. The van der Waals surface area contributed by atoms with E-state index in [1.54, 1.807) is 29.9 Å². The average Bonchev–Trinajstić information content (AvgIpc) is 2.69. The number of aromatic nitrogens is 2. The monoisotopic (exact) mass is 515 g/mol. The first-order valence-corrected chi connectivity index (χ1v) is 11.1. The maximum absolute atomic E-state index is 13.2. The predicted molar refractivity (Wildman–Crippen MR) is 141 cm³/mol. The molecule has 2 heterocycles. The fraction of sp³-hybridized carbons (Fsp3) is 0.381. The van der Waals surface area contributed by atoms with Gasteiger partial charge in [-0.1, -0.05) is 11.6 Å². The Hall–Kier alpha value is -1.59.